The van der Waals surface area contributed by atoms with E-state index in [2.05, 4.69) is 46.8 Å². The molecule has 1 rings (SSSR count). The predicted molar refractivity (Wildman–Crippen MR) is 90.7 cm³/mol. The molecule has 0 unspecified atom stereocenters. The lowest BCUT2D eigenvalue weighted by atomic mass is 10.0. The molecule has 1 amide bonds. The number of benzene rings is 1. The summed E-state index contributed by atoms with van der Waals surface area (Å²) in [5.41, 5.74) is 2.11. The number of unbranched alkanes of at least 4 members (excludes halogenated alkanes) is 3. The molecule has 0 spiro atoms. The van der Waals surface area contributed by atoms with E-state index < -0.39 is 0 Å². The second-order valence-corrected chi connectivity index (χ2v) is 6.41. The summed E-state index contributed by atoms with van der Waals surface area (Å²) < 4.78 is 0. The maximum Gasteiger partial charge on any atom is 0.254 e. The largest absolute Gasteiger partial charge is 0.334 e. The predicted octanol–water partition coefficient (Wildman–Crippen LogP) is 5.07. The standard InChI is InChI=1S/C19H31NO/c1-6-7-8-9-11-17-12-10-13-18(14-17)19(21)20(15(2)3)16(4)5/h10,12-16H,6-9,11H2,1-5H3. The van der Waals surface area contributed by atoms with Crippen molar-refractivity contribution in [2.75, 3.05) is 0 Å². The van der Waals surface area contributed by atoms with E-state index in [-0.39, 0.29) is 18.0 Å². The minimum atomic E-state index is 0.149. The maximum absolute atomic E-state index is 12.7. The smallest absolute Gasteiger partial charge is 0.254 e. The van der Waals surface area contributed by atoms with Crippen molar-refractivity contribution in [2.45, 2.75) is 78.8 Å². The van der Waals surface area contributed by atoms with Gasteiger partial charge < -0.3 is 4.90 Å². The summed E-state index contributed by atoms with van der Waals surface area (Å²) >= 11 is 0. The number of hydrogen-bond acceptors (Lipinski definition) is 1. The molecule has 118 valence electrons. The third-order valence-corrected chi connectivity index (χ3v) is 3.84. The summed E-state index contributed by atoms with van der Waals surface area (Å²) in [6.07, 6.45) is 6.12. The van der Waals surface area contributed by atoms with Gasteiger partial charge in [-0.05, 0) is 58.2 Å². The minimum Gasteiger partial charge on any atom is -0.334 e. The highest BCUT2D eigenvalue weighted by atomic mass is 16.2. The molecule has 0 aliphatic carbocycles. The highest BCUT2D eigenvalue weighted by Crippen LogP contribution is 2.15. The Hall–Kier alpha value is -1.31. The van der Waals surface area contributed by atoms with Crippen molar-refractivity contribution in [3.05, 3.63) is 35.4 Å². The van der Waals surface area contributed by atoms with Gasteiger partial charge in [0.15, 0.2) is 0 Å². The van der Waals surface area contributed by atoms with E-state index in [4.69, 9.17) is 0 Å². The first-order valence-corrected chi connectivity index (χ1v) is 8.39. The maximum atomic E-state index is 12.7. The Balaban J connectivity index is 2.76. The van der Waals surface area contributed by atoms with E-state index in [0.29, 0.717) is 0 Å². The number of carbonyl (C=O) groups is 1. The molecule has 0 bridgehead atoms. The number of amides is 1. The second kappa shape index (κ2) is 8.86. The molecule has 0 atom stereocenters. The fourth-order valence-corrected chi connectivity index (χ4v) is 2.83. The molecule has 1 aromatic carbocycles. The van der Waals surface area contributed by atoms with Crippen molar-refractivity contribution in [1.82, 2.24) is 4.90 Å². The molecule has 0 aromatic heterocycles. The molecule has 21 heavy (non-hydrogen) atoms. The first kappa shape index (κ1) is 17.7. The fourth-order valence-electron chi connectivity index (χ4n) is 2.83. The molecule has 2 heteroatoms. The Labute approximate surface area is 130 Å². The number of rotatable bonds is 8. The first-order chi connectivity index (χ1) is 9.97. The van der Waals surface area contributed by atoms with Crippen LogP contribution in [0.1, 0.15) is 76.2 Å². The molecule has 0 N–H and O–H groups in total. The number of carbonyl (C=O) groups excluding carboxylic acids is 1. The molecule has 2 nitrogen and oxygen atoms in total. The van der Waals surface area contributed by atoms with Crippen LogP contribution in [0.4, 0.5) is 0 Å². The SMILES string of the molecule is CCCCCCc1cccc(C(=O)N(C(C)C)C(C)C)c1. The van der Waals surface area contributed by atoms with Crippen LogP contribution in [0.25, 0.3) is 0 Å². The van der Waals surface area contributed by atoms with Crippen LogP contribution in [0.3, 0.4) is 0 Å². The van der Waals surface area contributed by atoms with Gasteiger partial charge in [-0.25, -0.2) is 0 Å². The van der Waals surface area contributed by atoms with E-state index in [0.717, 1.165) is 12.0 Å². The fraction of sp³-hybridized carbons (Fsp3) is 0.632. The molecule has 0 radical (unpaired) electrons. The lowest BCUT2D eigenvalue weighted by Crippen LogP contribution is -2.42. The Morgan fingerprint density at radius 2 is 1.71 bits per heavy atom. The zero-order chi connectivity index (χ0) is 15.8. The molecule has 1 aromatic rings. The van der Waals surface area contributed by atoms with Crippen molar-refractivity contribution < 1.29 is 4.79 Å². The van der Waals surface area contributed by atoms with Crippen molar-refractivity contribution in [3.8, 4) is 0 Å². The minimum absolute atomic E-state index is 0.149. The van der Waals surface area contributed by atoms with Gasteiger partial charge in [-0.1, -0.05) is 38.3 Å². The van der Waals surface area contributed by atoms with E-state index in [9.17, 15) is 4.79 Å². The van der Waals surface area contributed by atoms with Gasteiger partial charge >= 0.3 is 0 Å². The zero-order valence-corrected chi connectivity index (χ0v) is 14.4. The van der Waals surface area contributed by atoms with Gasteiger partial charge in [-0.2, -0.15) is 0 Å². The molecule has 0 saturated carbocycles. The van der Waals surface area contributed by atoms with Crippen LogP contribution in [0.2, 0.25) is 0 Å². The van der Waals surface area contributed by atoms with Crippen LogP contribution >= 0.6 is 0 Å². The summed E-state index contributed by atoms with van der Waals surface area (Å²) in [5.74, 6) is 0.149. The Morgan fingerprint density at radius 1 is 1.05 bits per heavy atom. The Bertz CT molecular complexity index is 429. The summed E-state index contributed by atoms with van der Waals surface area (Å²) in [4.78, 5) is 14.6. The summed E-state index contributed by atoms with van der Waals surface area (Å²) in [6.45, 7) is 10.5. The molecular weight excluding hydrogens is 258 g/mol. The first-order valence-electron chi connectivity index (χ1n) is 8.39. The number of aryl methyl sites for hydroxylation is 1. The van der Waals surface area contributed by atoms with E-state index >= 15 is 0 Å². The van der Waals surface area contributed by atoms with E-state index in [1.807, 2.05) is 17.0 Å². The number of hydrogen-bond donors (Lipinski definition) is 0. The lowest BCUT2D eigenvalue weighted by molar-refractivity contribution is 0.0643. The monoisotopic (exact) mass is 289 g/mol. The second-order valence-electron chi connectivity index (χ2n) is 6.41. The van der Waals surface area contributed by atoms with Gasteiger partial charge in [0.25, 0.3) is 5.91 Å². The van der Waals surface area contributed by atoms with E-state index in [1.165, 1.54) is 31.2 Å². The quantitative estimate of drug-likeness (QED) is 0.612. The molecule has 0 aliphatic rings. The summed E-state index contributed by atoms with van der Waals surface area (Å²) in [7, 11) is 0. The van der Waals surface area contributed by atoms with Gasteiger partial charge in [0.1, 0.15) is 0 Å². The van der Waals surface area contributed by atoms with Crippen molar-refractivity contribution in [3.63, 3.8) is 0 Å². The van der Waals surface area contributed by atoms with Crippen molar-refractivity contribution in [1.29, 1.82) is 0 Å². The van der Waals surface area contributed by atoms with Gasteiger partial charge in [0, 0.05) is 17.6 Å². The van der Waals surface area contributed by atoms with Crippen LogP contribution in [-0.2, 0) is 6.42 Å². The van der Waals surface area contributed by atoms with Crippen LogP contribution in [-0.4, -0.2) is 22.9 Å². The Morgan fingerprint density at radius 3 is 2.29 bits per heavy atom. The Kier molecular flexibility index (Phi) is 7.49. The highest BCUT2D eigenvalue weighted by molar-refractivity contribution is 5.94. The third kappa shape index (κ3) is 5.53. The average molecular weight is 289 g/mol. The lowest BCUT2D eigenvalue weighted by Gasteiger charge is -2.31. The molecule has 0 heterocycles. The van der Waals surface area contributed by atoms with Gasteiger partial charge in [-0.3, -0.25) is 4.79 Å². The molecular formula is C19H31NO. The van der Waals surface area contributed by atoms with Crippen LogP contribution in [0, 0.1) is 0 Å². The van der Waals surface area contributed by atoms with Gasteiger partial charge in [0.05, 0.1) is 0 Å². The summed E-state index contributed by atoms with van der Waals surface area (Å²) in [6, 6.07) is 8.62. The zero-order valence-electron chi connectivity index (χ0n) is 14.4. The average Bonchev–Trinajstić information content (AvgIpc) is 2.43. The van der Waals surface area contributed by atoms with Gasteiger partial charge in [0.2, 0.25) is 0 Å². The van der Waals surface area contributed by atoms with Crippen LogP contribution in [0.5, 0.6) is 0 Å². The van der Waals surface area contributed by atoms with Crippen molar-refractivity contribution in [2.24, 2.45) is 0 Å². The van der Waals surface area contributed by atoms with Crippen LogP contribution in [0.15, 0.2) is 24.3 Å². The molecule has 0 saturated heterocycles. The topological polar surface area (TPSA) is 20.3 Å². The normalized spacial score (nSPS) is 11.2. The highest BCUT2D eigenvalue weighted by Gasteiger charge is 2.21. The van der Waals surface area contributed by atoms with E-state index in [1.54, 1.807) is 0 Å². The molecule has 0 aliphatic heterocycles. The number of nitrogens with zero attached hydrogens (tertiary/aromatic N) is 1. The summed E-state index contributed by atoms with van der Waals surface area (Å²) in [5, 5.41) is 0. The molecule has 0 fully saturated rings. The van der Waals surface area contributed by atoms with Crippen LogP contribution < -0.4 is 0 Å². The van der Waals surface area contributed by atoms with Gasteiger partial charge in [-0.15, -0.1) is 0 Å². The van der Waals surface area contributed by atoms with Crippen molar-refractivity contribution >= 4 is 5.91 Å². The third-order valence-electron chi connectivity index (χ3n) is 3.84.